The largest absolute Gasteiger partial charge is 0.485 e. The predicted molar refractivity (Wildman–Crippen MR) is 93.3 cm³/mol. The molecule has 26 heavy (non-hydrogen) atoms. The summed E-state index contributed by atoms with van der Waals surface area (Å²) in [6.07, 6.45) is 1.02. The summed E-state index contributed by atoms with van der Waals surface area (Å²) in [6, 6.07) is 9.17. The number of nitrogens with zero attached hydrogens (tertiary/aromatic N) is 3. The van der Waals surface area contributed by atoms with E-state index in [0.29, 0.717) is 30.5 Å². The number of rotatable bonds is 4. The van der Waals surface area contributed by atoms with Gasteiger partial charge in [-0.3, -0.25) is 4.79 Å². The molecule has 1 saturated heterocycles. The number of aromatic nitrogens is 2. The van der Waals surface area contributed by atoms with Crippen molar-refractivity contribution in [1.82, 2.24) is 15.3 Å². The van der Waals surface area contributed by atoms with Crippen LogP contribution in [0.1, 0.15) is 5.82 Å². The van der Waals surface area contributed by atoms with E-state index in [1.807, 2.05) is 24.3 Å². The maximum atomic E-state index is 12.4. The standard InChI is InChI=1S/C18H20N4O4/c23-18(15-12-25-13-3-1-2-4-14(13)26-15)20-11-16-19-6-5-17(21-16)22-7-9-24-10-8-22/h1-6,15H,7-12H2,(H,20,23). The van der Waals surface area contributed by atoms with Gasteiger partial charge < -0.3 is 24.4 Å². The fourth-order valence-electron chi connectivity index (χ4n) is 2.87. The number of hydrogen-bond acceptors (Lipinski definition) is 7. The van der Waals surface area contributed by atoms with Crippen LogP contribution < -0.4 is 19.7 Å². The topological polar surface area (TPSA) is 85.8 Å². The monoisotopic (exact) mass is 356 g/mol. The molecule has 4 rings (SSSR count). The molecule has 2 aliphatic rings. The van der Waals surface area contributed by atoms with Crippen molar-refractivity contribution in [3.8, 4) is 11.5 Å². The summed E-state index contributed by atoms with van der Waals surface area (Å²) in [6.45, 7) is 3.40. The zero-order chi connectivity index (χ0) is 17.8. The van der Waals surface area contributed by atoms with Crippen molar-refractivity contribution < 1.29 is 19.0 Å². The fourth-order valence-corrected chi connectivity index (χ4v) is 2.87. The Bertz CT molecular complexity index is 779. The third-order valence-electron chi connectivity index (χ3n) is 4.25. The van der Waals surface area contributed by atoms with Gasteiger partial charge in [0.15, 0.2) is 11.5 Å². The van der Waals surface area contributed by atoms with Crippen LogP contribution in [0.15, 0.2) is 36.5 Å². The first-order chi connectivity index (χ1) is 12.8. The molecule has 2 aromatic rings. The smallest absolute Gasteiger partial charge is 0.265 e. The molecule has 1 N–H and O–H groups in total. The molecule has 0 aliphatic carbocycles. The van der Waals surface area contributed by atoms with Gasteiger partial charge in [0, 0.05) is 19.3 Å². The van der Waals surface area contributed by atoms with Crippen molar-refractivity contribution in [2.75, 3.05) is 37.8 Å². The van der Waals surface area contributed by atoms with Gasteiger partial charge in [0.25, 0.3) is 5.91 Å². The number of ether oxygens (including phenoxy) is 3. The highest BCUT2D eigenvalue weighted by molar-refractivity contribution is 5.81. The van der Waals surface area contributed by atoms with Gasteiger partial charge in [-0.05, 0) is 18.2 Å². The number of anilines is 1. The Morgan fingerprint density at radius 2 is 2.00 bits per heavy atom. The molecule has 3 heterocycles. The maximum Gasteiger partial charge on any atom is 0.265 e. The normalized spacial score (nSPS) is 19.1. The van der Waals surface area contributed by atoms with Gasteiger partial charge in [-0.2, -0.15) is 0 Å². The van der Waals surface area contributed by atoms with E-state index >= 15 is 0 Å². The highest BCUT2D eigenvalue weighted by Gasteiger charge is 2.27. The Hall–Kier alpha value is -2.87. The van der Waals surface area contributed by atoms with Crippen LogP contribution >= 0.6 is 0 Å². The van der Waals surface area contributed by atoms with E-state index in [0.717, 1.165) is 18.9 Å². The van der Waals surface area contributed by atoms with E-state index in [2.05, 4.69) is 20.2 Å². The quantitative estimate of drug-likeness (QED) is 0.866. The minimum Gasteiger partial charge on any atom is -0.485 e. The molecule has 1 unspecified atom stereocenters. The summed E-state index contributed by atoms with van der Waals surface area (Å²) in [5, 5.41) is 2.82. The van der Waals surface area contributed by atoms with Gasteiger partial charge in [0.2, 0.25) is 6.10 Å². The van der Waals surface area contributed by atoms with Gasteiger partial charge in [-0.1, -0.05) is 12.1 Å². The first-order valence-corrected chi connectivity index (χ1v) is 8.60. The average molecular weight is 356 g/mol. The number of para-hydroxylation sites is 2. The lowest BCUT2D eigenvalue weighted by molar-refractivity contribution is -0.130. The summed E-state index contributed by atoms with van der Waals surface area (Å²) in [5.41, 5.74) is 0. The molecule has 0 spiro atoms. The van der Waals surface area contributed by atoms with Crippen LogP contribution in [-0.2, 0) is 16.1 Å². The highest BCUT2D eigenvalue weighted by Crippen LogP contribution is 2.30. The second-order valence-corrected chi connectivity index (χ2v) is 6.01. The third kappa shape index (κ3) is 3.70. The number of amides is 1. The van der Waals surface area contributed by atoms with E-state index in [-0.39, 0.29) is 19.1 Å². The number of hydrogen-bond donors (Lipinski definition) is 1. The lowest BCUT2D eigenvalue weighted by atomic mass is 10.2. The SMILES string of the molecule is O=C(NCc1nccc(N2CCOCC2)n1)C1COc2ccccc2O1. The molecule has 136 valence electrons. The Morgan fingerprint density at radius 1 is 1.19 bits per heavy atom. The Morgan fingerprint density at radius 3 is 2.85 bits per heavy atom. The number of nitrogens with one attached hydrogen (secondary N) is 1. The number of fused-ring (bicyclic) bond motifs is 1. The zero-order valence-corrected chi connectivity index (χ0v) is 14.3. The summed E-state index contributed by atoms with van der Waals surface area (Å²) >= 11 is 0. The molecule has 0 saturated carbocycles. The Balaban J connectivity index is 1.35. The van der Waals surface area contributed by atoms with Gasteiger partial charge in [-0.15, -0.1) is 0 Å². The molecule has 0 radical (unpaired) electrons. The van der Waals surface area contributed by atoms with Crippen molar-refractivity contribution in [3.05, 3.63) is 42.4 Å². The minimum atomic E-state index is -0.688. The summed E-state index contributed by atoms with van der Waals surface area (Å²) in [7, 11) is 0. The molecular formula is C18H20N4O4. The van der Waals surface area contributed by atoms with Crippen LogP contribution in [0.5, 0.6) is 11.5 Å². The molecular weight excluding hydrogens is 336 g/mol. The molecule has 1 aromatic heterocycles. The number of carbonyl (C=O) groups excluding carboxylic acids is 1. The molecule has 0 bridgehead atoms. The van der Waals surface area contributed by atoms with Crippen LogP contribution in [-0.4, -0.2) is 54.9 Å². The molecule has 8 heteroatoms. The third-order valence-corrected chi connectivity index (χ3v) is 4.25. The summed E-state index contributed by atoms with van der Waals surface area (Å²) in [5.74, 6) is 2.38. The Labute approximate surface area is 151 Å². The van der Waals surface area contributed by atoms with Gasteiger partial charge in [0.05, 0.1) is 19.8 Å². The van der Waals surface area contributed by atoms with Crippen LogP contribution in [0.25, 0.3) is 0 Å². The first-order valence-electron chi connectivity index (χ1n) is 8.60. The molecule has 1 fully saturated rings. The fraction of sp³-hybridized carbons (Fsp3) is 0.389. The van der Waals surface area contributed by atoms with Crippen LogP contribution in [0.4, 0.5) is 5.82 Å². The van der Waals surface area contributed by atoms with Gasteiger partial charge >= 0.3 is 0 Å². The number of morpholine rings is 1. The first kappa shape index (κ1) is 16.6. The Kier molecular flexibility index (Phi) is 4.83. The van der Waals surface area contributed by atoms with E-state index in [9.17, 15) is 4.79 Å². The van der Waals surface area contributed by atoms with Crippen molar-refractivity contribution in [3.63, 3.8) is 0 Å². The molecule has 1 aromatic carbocycles. The van der Waals surface area contributed by atoms with Gasteiger partial charge in [0.1, 0.15) is 18.2 Å². The van der Waals surface area contributed by atoms with Crippen molar-refractivity contribution in [2.24, 2.45) is 0 Å². The summed E-state index contributed by atoms with van der Waals surface area (Å²) < 4.78 is 16.6. The second-order valence-electron chi connectivity index (χ2n) is 6.01. The van der Waals surface area contributed by atoms with Crippen molar-refractivity contribution >= 4 is 11.7 Å². The molecule has 2 aliphatic heterocycles. The molecule has 1 amide bonds. The maximum absolute atomic E-state index is 12.4. The lowest BCUT2D eigenvalue weighted by Crippen LogP contribution is -2.44. The van der Waals surface area contributed by atoms with Crippen LogP contribution in [0.3, 0.4) is 0 Å². The van der Waals surface area contributed by atoms with Crippen LogP contribution in [0.2, 0.25) is 0 Å². The van der Waals surface area contributed by atoms with E-state index in [1.54, 1.807) is 12.3 Å². The minimum absolute atomic E-state index is 0.178. The average Bonchev–Trinajstić information content (AvgIpc) is 2.72. The second kappa shape index (κ2) is 7.57. The van der Waals surface area contributed by atoms with Crippen molar-refractivity contribution in [1.29, 1.82) is 0 Å². The van der Waals surface area contributed by atoms with Gasteiger partial charge in [-0.25, -0.2) is 9.97 Å². The highest BCUT2D eigenvalue weighted by atomic mass is 16.6. The lowest BCUT2D eigenvalue weighted by Gasteiger charge is -2.28. The molecule has 1 atom stereocenters. The van der Waals surface area contributed by atoms with Crippen LogP contribution in [0, 0.1) is 0 Å². The zero-order valence-electron chi connectivity index (χ0n) is 14.3. The number of carbonyl (C=O) groups is 1. The predicted octanol–water partition coefficient (Wildman–Crippen LogP) is 0.769. The summed E-state index contributed by atoms with van der Waals surface area (Å²) in [4.78, 5) is 23.3. The van der Waals surface area contributed by atoms with E-state index in [4.69, 9.17) is 14.2 Å². The van der Waals surface area contributed by atoms with Crippen molar-refractivity contribution in [2.45, 2.75) is 12.6 Å². The molecule has 8 nitrogen and oxygen atoms in total. The van der Waals surface area contributed by atoms with E-state index < -0.39 is 6.10 Å². The number of benzene rings is 1. The van der Waals surface area contributed by atoms with E-state index in [1.165, 1.54) is 0 Å².